The quantitative estimate of drug-likeness (QED) is 0.410. The maximum Gasteiger partial charge on any atom is 0.265 e. The Hall–Kier alpha value is -4.20. The fraction of sp³-hybridized carbons (Fsp3) is 0.200. The van der Waals surface area contributed by atoms with E-state index in [0.717, 1.165) is 0 Å². The summed E-state index contributed by atoms with van der Waals surface area (Å²) in [4.78, 5) is 26.4. The molecule has 1 amide bonds. The number of carbonyl (C=O) groups excluding carboxylic acids is 1. The highest BCUT2D eigenvalue weighted by molar-refractivity contribution is 5.96. The number of anilines is 1. The van der Waals surface area contributed by atoms with Crippen LogP contribution < -0.4 is 25.0 Å². The van der Waals surface area contributed by atoms with Crippen molar-refractivity contribution in [2.45, 2.75) is 19.4 Å². The first kappa shape index (κ1) is 22.0. The fourth-order valence-electron chi connectivity index (χ4n) is 3.39. The van der Waals surface area contributed by atoms with Crippen LogP contribution in [0.2, 0.25) is 0 Å². The van der Waals surface area contributed by atoms with Gasteiger partial charge >= 0.3 is 0 Å². The van der Waals surface area contributed by atoms with Crippen molar-refractivity contribution in [1.82, 2.24) is 0 Å². The van der Waals surface area contributed by atoms with E-state index in [2.05, 4.69) is 5.32 Å². The van der Waals surface area contributed by atoms with Crippen LogP contribution in [0.5, 0.6) is 17.2 Å². The van der Waals surface area contributed by atoms with Gasteiger partial charge in [0.2, 0.25) is 16.9 Å². The smallest absolute Gasteiger partial charge is 0.265 e. The van der Waals surface area contributed by atoms with Crippen LogP contribution in [0, 0.1) is 0 Å². The van der Waals surface area contributed by atoms with Gasteiger partial charge in [-0.25, -0.2) is 0 Å². The molecule has 2 heterocycles. The molecule has 0 aliphatic rings. The average molecular weight is 449 g/mol. The molecule has 4 aromatic rings. The lowest BCUT2D eigenvalue weighted by atomic mass is 10.1. The molecule has 8 nitrogen and oxygen atoms in total. The van der Waals surface area contributed by atoms with Crippen molar-refractivity contribution < 1.29 is 27.8 Å². The normalized spacial score (nSPS) is 11.7. The molecule has 0 saturated heterocycles. The second-order valence-corrected chi connectivity index (χ2v) is 7.13. The minimum atomic E-state index is -0.987. The van der Waals surface area contributed by atoms with Crippen LogP contribution in [0.25, 0.3) is 22.5 Å². The average Bonchev–Trinajstić information content (AvgIpc) is 3.38. The predicted molar refractivity (Wildman–Crippen MR) is 123 cm³/mol. The van der Waals surface area contributed by atoms with Crippen LogP contribution in [0.15, 0.2) is 74.5 Å². The van der Waals surface area contributed by atoms with Gasteiger partial charge in [-0.1, -0.05) is 19.1 Å². The molecule has 1 N–H and O–H groups in total. The minimum Gasteiger partial charge on any atom is -0.497 e. The molecule has 4 rings (SSSR count). The van der Waals surface area contributed by atoms with Crippen molar-refractivity contribution >= 4 is 22.6 Å². The standard InChI is InChI=1S/C25H23NO7/c1-4-18(25(28)26-17-14-15(29-2)11-12-20(17)30-3)32-24-22(27)16-8-5-6-9-19(16)33-23(24)21-10-7-13-31-21/h5-14,18H,4H2,1-3H3,(H,26,28). The van der Waals surface area contributed by atoms with Crippen molar-refractivity contribution in [1.29, 1.82) is 0 Å². The summed E-state index contributed by atoms with van der Waals surface area (Å²) in [7, 11) is 3.03. The molecule has 0 spiro atoms. The van der Waals surface area contributed by atoms with Crippen molar-refractivity contribution in [2.24, 2.45) is 0 Å². The van der Waals surface area contributed by atoms with E-state index in [1.165, 1.54) is 20.5 Å². The van der Waals surface area contributed by atoms with Crippen molar-refractivity contribution in [2.75, 3.05) is 19.5 Å². The molecule has 1 atom stereocenters. The van der Waals surface area contributed by atoms with Crippen LogP contribution in [0.4, 0.5) is 5.69 Å². The first-order valence-electron chi connectivity index (χ1n) is 10.3. The number of fused-ring (bicyclic) bond motifs is 1. The molecule has 2 aromatic carbocycles. The van der Waals surface area contributed by atoms with Crippen LogP contribution in [-0.2, 0) is 4.79 Å². The van der Waals surface area contributed by atoms with E-state index in [-0.39, 0.29) is 11.5 Å². The summed E-state index contributed by atoms with van der Waals surface area (Å²) in [6.45, 7) is 1.78. The zero-order valence-corrected chi connectivity index (χ0v) is 18.4. The van der Waals surface area contributed by atoms with Gasteiger partial charge in [0.25, 0.3) is 5.91 Å². The molecular formula is C25H23NO7. The molecule has 0 aliphatic heterocycles. The van der Waals surface area contributed by atoms with E-state index in [1.807, 2.05) is 0 Å². The number of benzene rings is 2. The number of methoxy groups -OCH3 is 2. The second kappa shape index (κ2) is 9.52. The molecule has 0 aliphatic carbocycles. The van der Waals surface area contributed by atoms with Gasteiger partial charge in [-0.05, 0) is 42.8 Å². The Morgan fingerprint density at radius 3 is 2.58 bits per heavy atom. The number of ether oxygens (including phenoxy) is 3. The van der Waals surface area contributed by atoms with Gasteiger partial charge in [-0.2, -0.15) is 0 Å². The van der Waals surface area contributed by atoms with E-state index in [1.54, 1.807) is 61.5 Å². The molecule has 8 heteroatoms. The number of carbonyl (C=O) groups is 1. The number of nitrogens with one attached hydrogen (secondary N) is 1. The van der Waals surface area contributed by atoms with E-state index >= 15 is 0 Å². The Balaban J connectivity index is 1.71. The predicted octanol–water partition coefficient (Wildman–Crippen LogP) is 4.87. The Morgan fingerprint density at radius 2 is 1.88 bits per heavy atom. The Labute approximate surface area is 189 Å². The van der Waals surface area contributed by atoms with Gasteiger partial charge in [-0.15, -0.1) is 0 Å². The van der Waals surface area contributed by atoms with Crippen molar-refractivity contribution in [3.05, 3.63) is 71.1 Å². The number of amides is 1. The largest absolute Gasteiger partial charge is 0.497 e. The molecule has 0 fully saturated rings. The van der Waals surface area contributed by atoms with Crippen molar-refractivity contribution in [3.63, 3.8) is 0 Å². The Bertz CT molecular complexity index is 1320. The minimum absolute atomic E-state index is 0.0942. The molecule has 0 bridgehead atoms. The zero-order chi connectivity index (χ0) is 23.4. The lowest BCUT2D eigenvalue weighted by molar-refractivity contribution is -0.122. The lowest BCUT2D eigenvalue weighted by Gasteiger charge is -2.19. The maximum absolute atomic E-state index is 13.3. The maximum atomic E-state index is 13.3. The molecular weight excluding hydrogens is 426 g/mol. The van der Waals surface area contributed by atoms with Gasteiger partial charge in [-0.3, -0.25) is 9.59 Å². The van der Waals surface area contributed by atoms with Crippen LogP contribution in [-0.4, -0.2) is 26.2 Å². The van der Waals surface area contributed by atoms with Crippen molar-refractivity contribution in [3.8, 4) is 28.8 Å². The molecule has 170 valence electrons. The number of hydrogen-bond donors (Lipinski definition) is 1. The third-order valence-corrected chi connectivity index (χ3v) is 5.09. The second-order valence-electron chi connectivity index (χ2n) is 7.13. The lowest BCUT2D eigenvalue weighted by Crippen LogP contribution is -2.34. The summed E-state index contributed by atoms with van der Waals surface area (Å²) in [6.07, 6.45) is 0.772. The highest BCUT2D eigenvalue weighted by atomic mass is 16.5. The first-order chi connectivity index (χ1) is 16.0. The molecule has 0 radical (unpaired) electrons. The van der Waals surface area contributed by atoms with E-state index in [9.17, 15) is 9.59 Å². The van der Waals surface area contributed by atoms with E-state index < -0.39 is 17.4 Å². The summed E-state index contributed by atoms with van der Waals surface area (Å²) < 4.78 is 27.9. The summed E-state index contributed by atoms with van der Waals surface area (Å²) in [5.74, 6) is 0.896. The Kier molecular flexibility index (Phi) is 6.35. The van der Waals surface area contributed by atoms with E-state index in [4.69, 9.17) is 23.0 Å². The molecule has 0 saturated carbocycles. The first-order valence-corrected chi connectivity index (χ1v) is 10.3. The van der Waals surface area contributed by atoms with E-state index in [0.29, 0.717) is 40.3 Å². The fourth-order valence-corrected chi connectivity index (χ4v) is 3.39. The summed E-state index contributed by atoms with van der Waals surface area (Å²) in [5, 5.41) is 3.13. The van der Waals surface area contributed by atoms with Gasteiger partial charge in [0.05, 0.1) is 31.6 Å². The molecule has 33 heavy (non-hydrogen) atoms. The number of para-hydroxylation sites is 1. The molecule has 1 unspecified atom stereocenters. The van der Waals surface area contributed by atoms with Gasteiger partial charge in [0.15, 0.2) is 11.9 Å². The topological polar surface area (TPSA) is 100 Å². The SMILES string of the molecule is CCC(Oc1c(-c2ccco2)oc2ccccc2c1=O)C(=O)Nc1cc(OC)ccc1OC. The number of hydrogen-bond acceptors (Lipinski definition) is 7. The third-order valence-electron chi connectivity index (χ3n) is 5.09. The monoisotopic (exact) mass is 449 g/mol. The highest BCUT2D eigenvalue weighted by Crippen LogP contribution is 2.33. The van der Waals surface area contributed by atoms with Gasteiger partial charge in [0, 0.05) is 6.07 Å². The van der Waals surface area contributed by atoms with Crippen LogP contribution in [0.1, 0.15) is 13.3 Å². The van der Waals surface area contributed by atoms with Gasteiger partial charge in [0.1, 0.15) is 17.1 Å². The van der Waals surface area contributed by atoms with Gasteiger partial charge < -0.3 is 28.4 Å². The summed E-state index contributed by atoms with van der Waals surface area (Å²) in [6, 6.07) is 15.2. The number of rotatable bonds is 8. The number of furan rings is 1. The summed E-state index contributed by atoms with van der Waals surface area (Å²) in [5.41, 5.74) is 0.411. The zero-order valence-electron chi connectivity index (χ0n) is 18.4. The summed E-state index contributed by atoms with van der Waals surface area (Å²) >= 11 is 0. The van der Waals surface area contributed by atoms with Crippen LogP contribution >= 0.6 is 0 Å². The third kappa shape index (κ3) is 4.41. The Morgan fingerprint density at radius 1 is 1.06 bits per heavy atom. The highest BCUT2D eigenvalue weighted by Gasteiger charge is 2.26. The van der Waals surface area contributed by atoms with Crippen LogP contribution in [0.3, 0.4) is 0 Å². The molecule has 2 aromatic heterocycles.